The number of benzene rings is 1. The molecule has 1 amide bonds. The molecule has 1 N–H and O–H groups in total. The average molecular weight is 329 g/mol. The summed E-state index contributed by atoms with van der Waals surface area (Å²) < 4.78 is 28.0. The van der Waals surface area contributed by atoms with Crippen LogP contribution < -0.4 is 5.32 Å². The fourth-order valence-electron chi connectivity index (χ4n) is 3.54. The Morgan fingerprint density at radius 3 is 2.25 bits per heavy atom. The highest BCUT2D eigenvalue weighted by Crippen LogP contribution is 2.61. The standard InChI is InChI=1S/C18H17F2N3O/c19-18(20)10-17(18,13-4-2-1-3-5-13)11-23-16(24)12-8-14-15(9-12)22-7-6-21-14/h1-7,12H,8-11H2,(H,23,24). The average Bonchev–Trinajstić information content (AvgIpc) is 2.95. The van der Waals surface area contributed by atoms with Gasteiger partial charge < -0.3 is 5.32 Å². The topological polar surface area (TPSA) is 54.9 Å². The van der Waals surface area contributed by atoms with E-state index in [4.69, 9.17) is 0 Å². The summed E-state index contributed by atoms with van der Waals surface area (Å²) >= 11 is 0. The highest BCUT2D eigenvalue weighted by Gasteiger charge is 2.71. The number of carbonyl (C=O) groups is 1. The molecule has 2 aliphatic rings. The van der Waals surface area contributed by atoms with E-state index in [0.29, 0.717) is 18.4 Å². The number of amides is 1. The molecule has 0 radical (unpaired) electrons. The van der Waals surface area contributed by atoms with Gasteiger partial charge in [-0.15, -0.1) is 0 Å². The van der Waals surface area contributed by atoms with Crippen LogP contribution in [-0.4, -0.2) is 28.3 Å². The largest absolute Gasteiger partial charge is 0.355 e. The van der Waals surface area contributed by atoms with Crippen LogP contribution in [0.2, 0.25) is 0 Å². The van der Waals surface area contributed by atoms with Gasteiger partial charge in [-0.3, -0.25) is 14.8 Å². The Hall–Kier alpha value is -2.37. The molecule has 0 bridgehead atoms. The van der Waals surface area contributed by atoms with Crippen molar-refractivity contribution >= 4 is 5.91 Å². The molecule has 2 aliphatic carbocycles. The molecule has 1 saturated carbocycles. The molecule has 0 aliphatic heterocycles. The summed E-state index contributed by atoms with van der Waals surface area (Å²) in [6, 6.07) is 8.70. The summed E-state index contributed by atoms with van der Waals surface area (Å²) in [7, 11) is 0. The molecule has 1 unspecified atom stereocenters. The van der Waals surface area contributed by atoms with Gasteiger partial charge in [-0.05, 0) is 5.56 Å². The molecular formula is C18H17F2N3O. The van der Waals surface area contributed by atoms with Gasteiger partial charge in [0.05, 0.1) is 16.8 Å². The van der Waals surface area contributed by atoms with Gasteiger partial charge in [0.25, 0.3) is 5.92 Å². The third-order valence-electron chi connectivity index (χ3n) is 5.10. The van der Waals surface area contributed by atoms with Crippen molar-refractivity contribution in [3.05, 3.63) is 59.7 Å². The summed E-state index contributed by atoms with van der Waals surface area (Å²) in [6.45, 7) is -0.0451. The van der Waals surface area contributed by atoms with E-state index in [1.807, 2.05) is 0 Å². The van der Waals surface area contributed by atoms with Crippen molar-refractivity contribution in [3.63, 3.8) is 0 Å². The Kier molecular flexibility index (Phi) is 3.37. The first kappa shape index (κ1) is 15.2. The van der Waals surface area contributed by atoms with Crippen LogP contribution in [0.25, 0.3) is 0 Å². The highest BCUT2D eigenvalue weighted by atomic mass is 19.3. The minimum absolute atomic E-state index is 0.0451. The van der Waals surface area contributed by atoms with Gasteiger partial charge in [0, 0.05) is 44.1 Å². The van der Waals surface area contributed by atoms with Crippen LogP contribution in [-0.2, 0) is 23.1 Å². The number of alkyl halides is 2. The Morgan fingerprint density at radius 1 is 1.12 bits per heavy atom. The fraction of sp³-hybridized carbons (Fsp3) is 0.389. The first-order valence-corrected chi connectivity index (χ1v) is 8.02. The van der Waals surface area contributed by atoms with Crippen molar-refractivity contribution in [2.45, 2.75) is 30.6 Å². The van der Waals surface area contributed by atoms with Crippen LogP contribution in [0.5, 0.6) is 0 Å². The predicted octanol–water partition coefficient (Wildman–Crippen LogP) is 2.28. The number of rotatable bonds is 4. The molecule has 1 atom stereocenters. The third kappa shape index (κ3) is 2.37. The number of nitrogens with one attached hydrogen (secondary N) is 1. The molecule has 4 nitrogen and oxygen atoms in total. The second-order valence-electron chi connectivity index (χ2n) is 6.60. The van der Waals surface area contributed by atoms with E-state index in [1.54, 1.807) is 42.7 Å². The molecule has 4 rings (SSSR count). The minimum Gasteiger partial charge on any atom is -0.355 e. The van der Waals surface area contributed by atoms with Gasteiger partial charge in [0.15, 0.2) is 0 Å². The second kappa shape index (κ2) is 5.33. The molecular weight excluding hydrogens is 312 g/mol. The maximum atomic E-state index is 14.0. The maximum Gasteiger partial charge on any atom is 0.260 e. The van der Waals surface area contributed by atoms with Crippen LogP contribution in [0.1, 0.15) is 23.4 Å². The summed E-state index contributed by atoms with van der Waals surface area (Å²) in [5.74, 6) is -3.25. The van der Waals surface area contributed by atoms with Gasteiger partial charge in [-0.1, -0.05) is 30.3 Å². The molecule has 0 spiro atoms. The Balaban J connectivity index is 1.44. The summed E-state index contributed by atoms with van der Waals surface area (Å²) in [5.41, 5.74) is 0.957. The molecule has 0 saturated heterocycles. The lowest BCUT2D eigenvalue weighted by Crippen LogP contribution is -2.39. The maximum absolute atomic E-state index is 14.0. The Bertz CT molecular complexity index is 756. The van der Waals surface area contributed by atoms with Crippen molar-refractivity contribution in [3.8, 4) is 0 Å². The van der Waals surface area contributed by atoms with E-state index in [9.17, 15) is 13.6 Å². The minimum atomic E-state index is -2.77. The molecule has 1 aromatic carbocycles. The van der Waals surface area contributed by atoms with Crippen molar-refractivity contribution in [2.24, 2.45) is 5.92 Å². The van der Waals surface area contributed by atoms with Crippen LogP contribution in [0.15, 0.2) is 42.7 Å². The van der Waals surface area contributed by atoms with Crippen molar-refractivity contribution in [1.82, 2.24) is 15.3 Å². The number of nitrogens with zero attached hydrogens (tertiary/aromatic N) is 2. The van der Waals surface area contributed by atoms with E-state index in [0.717, 1.165) is 11.4 Å². The Labute approximate surface area is 138 Å². The zero-order chi connectivity index (χ0) is 16.8. The van der Waals surface area contributed by atoms with Crippen LogP contribution in [0.4, 0.5) is 8.78 Å². The fourth-order valence-corrected chi connectivity index (χ4v) is 3.54. The van der Waals surface area contributed by atoms with Gasteiger partial charge in [0.2, 0.25) is 5.91 Å². The molecule has 1 fully saturated rings. The predicted molar refractivity (Wildman–Crippen MR) is 83.6 cm³/mol. The number of aromatic nitrogens is 2. The smallest absolute Gasteiger partial charge is 0.260 e. The van der Waals surface area contributed by atoms with Gasteiger partial charge in [-0.2, -0.15) is 0 Å². The van der Waals surface area contributed by atoms with Gasteiger partial charge in [-0.25, -0.2) is 8.78 Å². The van der Waals surface area contributed by atoms with Crippen LogP contribution in [0.3, 0.4) is 0 Å². The Morgan fingerprint density at radius 2 is 1.71 bits per heavy atom. The number of fused-ring (bicyclic) bond motifs is 1. The van der Waals surface area contributed by atoms with Gasteiger partial charge in [0.1, 0.15) is 0 Å². The van der Waals surface area contributed by atoms with Crippen molar-refractivity contribution in [2.75, 3.05) is 6.54 Å². The second-order valence-corrected chi connectivity index (χ2v) is 6.60. The lowest BCUT2D eigenvalue weighted by Gasteiger charge is -2.19. The van der Waals surface area contributed by atoms with Crippen molar-refractivity contribution < 1.29 is 13.6 Å². The van der Waals surface area contributed by atoms with E-state index in [-0.39, 0.29) is 24.8 Å². The van der Waals surface area contributed by atoms with Gasteiger partial charge >= 0.3 is 0 Å². The number of hydrogen-bond acceptors (Lipinski definition) is 3. The summed E-state index contributed by atoms with van der Waals surface area (Å²) in [5, 5.41) is 2.74. The highest BCUT2D eigenvalue weighted by molar-refractivity contribution is 5.80. The third-order valence-corrected chi connectivity index (χ3v) is 5.10. The zero-order valence-corrected chi connectivity index (χ0v) is 13.0. The first-order chi connectivity index (χ1) is 11.5. The normalized spacial score (nSPS) is 24.4. The number of hydrogen-bond donors (Lipinski definition) is 1. The van der Waals surface area contributed by atoms with Crippen LogP contribution in [0, 0.1) is 5.92 Å². The molecule has 1 heterocycles. The van der Waals surface area contributed by atoms with E-state index in [2.05, 4.69) is 15.3 Å². The van der Waals surface area contributed by atoms with Crippen LogP contribution >= 0.6 is 0 Å². The summed E-state index contributed by atoms with van der Waals surface area (Å²) in [4.78, 5) is 20.9. The quantitative estimate of drug-likeness (QED) is 0.936. The first-order valence-electron chi connectivity index (χ1n) is 8.02. The molecule has 1 aromatic heterocycles. The monoisotopic (exact) mass is 329 g/mol. The lowest BCUT2D eigenvalue weighted by atomic mass is 9.94. The van der Waals surface area contributed by atoms with E-state index < -0.39 is 11.3 Å². The molecule has 24 heavy (non-hydrogen) atoms. The van der Waals surface area contributed by atoms with Crippen molar-refractivity contribution in [1.29, 1.82) is 0 Å². The zero-order valence-electron chi connectivity index (χ0n) is 13.0. The number of halogens is 2. The molecule has 2 aromatic rings. The SMILES string of the molecule is O=C(NCC1(c2ccccc2)CC1(F)F)C1Cc2nccnc2C1. The summed E-state index contributed by atoms with van der Waals surface area (Å²) in [6.07, 6.45) is 4.02. The molecule has 6 heteroatoms. The number of carbonyl (C=O) groups excluding carboxylic acids is 1. The van der Waals surface area contributed by atoms with E-state index >= 15 is 0 Å². The van der Waals surface area contributed by atoms with E-state index in [1.165, 1.54) is 0 Å². The lowest BCUT2D eigenvalue weighted by molar-refractivity contribution is -0.124. The molecule has 124 valence electrons.